The van der Waals surface area contributed by atoms with Crippen LogP contribution in [0.1, 0.15) is 0 Å². The minimum atomic E-state index is -0.699. The minimum Gasteiger partial charge on any atom is -0.492 e. The van der Waals surface area contributed by atoms with Crippen molar-refractivity contribution in [1.82, 2.24) is 9.97 Å². The van der Waals surface area contributed by atoms with Crippen molar-refractivity contribution in [1.29, 1.82) is 0 Å². The smallest absolute Gasteiger partial charge is 0.185 e. The van der Waals surface area contributed by atoms with Gasteiger partial charge in [0, 0.05) is 11.8 Å². The molecule has 0 unspecified atom stereocenters. The Labute approximate surface area is 107 Å². The van der Waals surface area contributed by atoms with Crippen LogP contribution in [-0.4, -0.2) is 17.1 Å². The molecule has 0 radical (unpaired) electrons. The summed E-state index contributed by atoms with van der Waals surface area (Å²) in [6.45, 7) is 0. The van der Waals surface area contributed by atoms with E-state index in [-0.39, 0.29) is 15.8 Å². The summed E-state index contributed by atoms with van der Waals surface area (Å²) >= 11 is 11.8. The molecule has 17 heavy (non-hydrogen) atoms. The van der Waals surface area contributed by atoms with Gasteiger partial charge in [0.25, 0.3) is 0 Å². The number of methoxy groups -OCH3 is 1. The molecule has 1 aromatic carbocycles. The highest BCUT2D eigenvalue weighted by Gasteiger charge is 2.18. The van der Waals surface area contributed by atoms with Gasteiger partial charge in [-0.3, -0.25) is 0 Å². The normalized spacial score (nSPS) is 10.4. The summed E-state index contributed by atoms with van der Waals surface area (Å²) < 4.78 is 18.6. The molecule has 0 aliphatic rings. The third-order valence-electron chi connectivity index (χ3n) is 2.18. The Morgan fingerprint density at radius 3 is 2.71 bits per heavy atom. The standard InChI is InChI=1S/C11H7Cl2FN2O/c1-17-11-7(12)4-6(9(13)10(11)14)8-2-3-15-5-16-8/h2-5H,1H3. The van der Waals surface area contributed by atoms with Crippen LogP contribution >= 0.6 is 23.2 Å². The largest absolute Gasteiger partial charge is 0.492 e. The van der Waals surface area contributed by atoms with E-state index in [9.17, 15) is 4.39 Å². The fourth-order valence-electron chi connectivity index (χ4n) is 1.40. The van der Waals surface area contributed by atoms with E-state index in [2.05, 4.69) is 9.97 Å². The predicted octanol–water partition coefficient (Wildman–Crippen LogP) is 3.60. The van der Waals surface area contributed by atoms with Crippen molar-refractivity contribution in [3.63, 3.8) is 0 Å². The number of nitrogens with zero attached hydrogens (tertiary/aromatic N) is 2. The summed E-state index contributed by atoms with van der Waals surface area (Å²) in [4.78, 5) is 7.76. The lowest BCUT2D eigenvalue weighted by Gasteiger charge is -2.10. The van der Waals surface area contributed by atoms with Crippen LogP contribution in [0.4, 0.5) is 4.39 Å². The maximum Gasteiger partial charge on any atom is 0.185 e. The van der Waals surface area contributed by atoms with Crippen molar-refractivity contribution in [3.8, 4) is 17.0 Å². The van der Waals surface area contributed by atoms with Gasteiger partial charge in [-0.25, -0.2) is 14.4 Å². The highest BCUT2D eigenvalue weighted by atomic mass is 35.5. The molecule has 0 saturated heterocycles. The van der Waals surface area contributed by atoms with Crippen LogP contribution in [0.25, 0.3) is 11.3 Å². The van der Waals surface area contributed by atoms with Crippen LogP contribution < -0.4 is 4.74 Å². The van der Waals surface area contributed by atoms with Crippen LogP contribution in [0.3, 0.4) is 0 Å². The van der Waals surface area contributed by atoms with E-state index >= 15 is 0 Å². The third kappa shape index (κ3) is 2.18. The molecule has 0 spiro atoms. The van der Waals surface area contributed by atoms with Crippen molar-refractivity contribution < 1.29 is 9.13 Å². The molecule has 2 aromatic rings. The van der Waals surface area contributed by atoms with E-state index in [0.717, 1.165) is 0 Å². The molecule has 0 aliphatic carbocycles. The number of hydrogen-bond acceptors (Lipinski definition) is 3. The highest BCUT2D eigenvalue weighted by molar-refractivity contribution is 6.36. The maximum absolute atomic E-state index is 13.8. The molecule has 0 atom stereocenters. The molecular weight excluding hydrogens is 266 g/mol. The molecule has 1 heterocycles. The average molecular weight is 273 g/mol. The quantitative estimate of drug-likeness (QED) is 0.784. The molecule has 0 saturated carbocycles. The first-order valence-corrected chi connectivity index (χ1v) is 5.38. The van der Waals surface area contributed by atoms with Crippen LogP contribution in [0.5, 0.6) is 5.75 Å². The van der Waals surface area contributed by atoms with Gasteiger partial charge >= 0.3 is 0 Å². The Morgan fingerprint density at radius 1 is 1.35 bits per heavy atom. The molecule has 1 aromatic heterocycles. The van der Waals surface area contributed by atoms with E-state index in [1.54, 1.807) is 6.07 Å². The first-order valence-electron chi connectivity index (χ1n) is 4.63. The number of halogens is 3. The van der Waals surface area contributed by atoms with Gasteiger partial charge in [-0.15, -0.1) is 0 Å². The van der Waals surface area contributed by atoms with Gasteiger partial charge in [-0.1, -0.05) is 23.2 Å². The second-order valence-electron chi connectivity index (χ2n) is 3.16. The lowest BCUT2D eigenvalue weighted by atomic mass is 10.1. The number of rotatable bonds is 2. The zero-order chi connectivity index (χ0) is 12.4. The first kappa shape index (κ1) is 12.1. The van der Waals surface area contributed by atoms with Gasteiger partial charge < -0.3 is 4.74 Å². The Morgan fingerprint density at radius 2 is 2.12 bits per heavy atom. The van der Waals surface area contributed by atoms with Crippen LogP contribution in [0.15, 0.2) is 24.7 Å². The molecule has 0 fully saturated rings. The maximum atomic E-state index is 13.8. The lowest BCUT2D eigenvalue weighted by Crippen LogP contribution is -1.94. The first-order chi connectivity index (χ1) is 8.15. The van der Waals surface area contributed by atoms with Gasteiger partial charge in [0.05, 0.1) is 22.8 Å². The fraction of sp³-hybridized carbons (Fsp3) is 0.0909. The number of benzene rings is 1. The molecule has 3 nitrogen and oxygen atoms in total. The average Bonchev–Trinajstić information content (AvgIpc) is 2.35. The Bertz CT molecular complexity index is 549. The Balaban J connectivity index is 2.65. The number of hydrogen-bond donors (Lipinski definition) is 0. The zero-order valence-electron chi connectivity index (χ0n) is 8.75. The van der Waals surface area contributed by atoms with Crippen molar-refractivity contribution in [3.05, 3.63) is 40.5 Å². The summed E-state index contributed by atoms with van der Waals surface area (Å²) in [6.07, 6.45) is 2.89. The molecule has 0 aliphatic heterocycles. The number of ether oxygens (including phenoxy) is 1. The summed E-state index contributed by atoms with van der Waals surface area (Å²) in [5.74, 6) is -0.773. The van der Waals surface area contributed by atoms with Crippen molar-refractivity contribution >= 4 is 23.2 Å². The predicted molar refractivity (Wildman–Crippen MR) is 64.0 cm³/mol. The van der Waals surface area contributed by atoms with Crippen molar-refractivity contribution in [2.45, 2.75) is 0 Å². The number of aromatic nitrogens is 2. The summed E-state index contributed by atoms with van der Waals surface area (Å²) in [5, 5.41) is 0.0629. The molecule has 0 amide bonds. The highest BCUT2D eigenvalue weighted by Crippen LogP contribution is 2.39. The monoisotopic (exact) mass is 272 g/mol. The van der Waals surface area contributed by atoms with Crippen LogP contribution in [-0.2, 0) is 0 Å². The van der Waals surface area contributed by atoms with Crippen molar-refractivity contribution in [2.24, 2.45) is 0 Å². The summed E-state index contributed by atoms with van der Waals surface area (Å²) in [7, 11) is 1.32. The Kier molecular flexibility index (Phi) is 3.45. The van der Waals surface area contributed by atoms with Crippen molar-refractivity contribution in [2.75, 3.05) is 7.11 Å². The molecule has 6 heteroatoms. The van der Waals surface area contributed by atoms with E-state index < -0.39 is 5.82 Å². The summed E-state index contributed by atoms with van der Waals surface area (Å²) in [5.41, 5.74) is 0.894. The van der Waals surface area contributed by atoms with Gasteiger partial charge in [-0.05, 0) is 12.1 Å². The summed E-state index contributed by atoms with van der Waals surface area (Å²) in [6, 6.07) is 3.12. The molecule has 88 valence electrons. The van der Waals surface area contributed by atoms with Gasteiger partial charge in [0.15, 0.2) is 11.6 Å². The molecule has 0 bridgehead atoms. The van der Waals surface area contributed by atoms with E-state index in [1.165, 1.54) is 25.7 Å². The zero-order valence-corrected chi connectivity index (χ0v) is 10.3. The molecule has 2 rings (SSSR count). The SMILES string of the molecule is COc1c(Cl)cc(-c2ccncn2)c(Cl)c1F. The van der Waals surface area contributed by atoms with E-state index in [4.69, 9.17) is 27.9 Å². The second kappa shape index (κ2) is 4.85. The second-order valence-corrected chi connectivity index (χ2v) is 3.95. The van der Waals surface area contributed by atoms with Crippen LogP contribution in [0, 0.1) is 5.82 Å². The van der Waals surface area contributed by atoms with Gasteiger partial charge in [0.1, 0.15) is 6.33 Å². The molecule has 0 N–H and O–H groups in total. The van der Waals surface area contributed by atoms with Crippen LogP contribution in [0.2, 0.25) is 10.0 Å². The van der Waals surface area contributed by atoms with E-state index in [0.29, 0.717) is 11.3 Å². The fourth-order valence-corrected chi connectivity index (χ4v) is 1.91. The topological polar surface area (TPSA) is 35.0 Å². The lowest BCUT2D eigenvalue weighted by molar-refractivity contribution is 0.387. The van der Waals surface area contributed by atoms with Gasteiger partial charge in [0.2, 0.25) is 0 Å². The third-order valence-corrected chi connectivity index (χ3v) is 2.83. The molecular formula is C11H7Cl2FN2O. The van der Waals surface area contributed by atoms with Gasteiger partial charge in [-0.2, -0.15) is 0 Å². The Hall–Kier alpha value is -1.39. The minimum absolute atomic E-state index is 0.0746. The van der Waals surface area contributed by atoms with E-state index in [1.807, 2.05) is 0 Å².